The molecule has 10 heteroatoms. The molecule has 3 aromatic rings. The van der Waals surface area contributed by atoms with Crippen LogP contribution in [-0.2, 0) is 17.1 Å². The van der Waals surface area contributed by atoms with E-state index in [2.05, 4.69) is 20.3 Å². The summed E-state index contributed by atoms with van der Waals surface area (Å²) >= 11 is 5.93. The number of aromatic nitrogens is 5. The molecule has 0 saturated carbocycles. The zero-order valence-corrected chi connectivity index (χ0v) is 15.6. The van der Waals surface area contributed by atoms with Crippen molar-refractivity contribution in [1.29, 1.82) is 0 Å². The van der Waals surface area contributed by atoms with Crippen LogP contribution in [0, 0.1) is 0 Å². The Kier molecular flexibility index (Phi) is 4.29. The zero-order chi connectivity index (χ0) is 18.3. The third-order valence-corrected chi connectivity index (χ3v) is 6.72. The first-order valence-electron chi connectivity index (χ1n) is 8.14. The third kappa shape index (κ3) is 2.91. The molecular weight excluding hydrogens is 376 g/mol. The van der Waals surface area contributed by atoms with Crippen LogP contribution in [0.4, 0.5) is 0 Å². The van der Waals surface area contributed by atoms with Gasteiger partial charge in [-0.25, -0.2) is 18.1 Å². The summed E-state index contributed by atoms with van der Waals surface area (Å²) in [6, 6.07) is 7.06. The molecule has 1 fully saturated rings. The van der Waals surface area contributed by atoms with Gasteiger partial charge in [0.05, 0.1) is 24.1 Å². The number of hydrogen-bond acceptors (Lipinski definition) is 5. The molecule has 3 heterocycles. The number of hydrogen-bond donors (Lipinski definition) is 1. The molecule has 1 N–H and O–H groups in total. The summed E-state index contributed by atoms with van der Waals surface area (Å²) in [5.41, 5.74) is 1.76. The largest absolute Gasteiger partial charge is 0.341 e. The second-order valence-electron chi connectivity index (χ2n) is 6.16. The number of H-pyrrole nitrogens is 1. The molecule has 0 bridgehead atoms. The molecule has 1 aliphatic heterocycles. The SMILES string of the molecule is Cn1nncc1S(=O)(=O)N1CCCC1c1ncc(-c2ccc(Cl)cc2)[nH]1. The maximum atomic E-state index is 13.0. The summed E-state index contributed by atoms with van der Waals surface area (Å²) in [5.74, 6) is 0.631. The van der Waals surface area contributed by atoms with E-state index in [1.807, 2.05) is 12.1 Å². The molecule has 8 nitrogen and oxygen atoms in total. The number of sulfonamides is 1. The van der Waals surface area contributed by atoms with Crippen LogP contribution in [0.2, 0.25) is 5.02 Å². The smallest absolute Gasteiger partial charge is 0.262 e. The lowest BCUT2D eigenvalue weighted by Gasteiger charge is -2.22. The lowest BCUT2D eigenvalue weighted by atomic mass is 10.2. The molecule has 4 rings (SSSR count). The van der Waals surface area contributed by atoms with Gasteiger partial charge in [0, 0.05) is 18.6 Å². The van der Waals surface area contributed by atoms with Crippen LogP contribution in [0.15, 0.2) is 41.7 Å². The highest BCUT2D eigenvalue weighted by Gasteiger charge is 2.39. The lowest BCUT2D eigenvalue weighted by Crippen LogP contribution is -2.32. The first kappa shape index (κ1) is 17.2. The van der Waals surface area contributed by atoms with Crippen LogP contribution in [0.3, 0.4) is 0 Å². The van der Waals surface area contributed by atoms with E-state index in [1.54, 1.807) is 25.4 Å². The summed E-state index contributed by atoms with van der Waals surface area (Å²) in [6.45, 7) is 0.440. The lowest BCUT2D eigenvalue weighted by molar-refractivity contribution is 0.380. The Labute approximate surface area is 155 Å². The van der Waals surface area contributed by atoms with E-state index in [1.165, 1.54) is 15.2 Å². The first-order chi connectivity index (χ1) is 12.5. The molecule has 1 aliphatic rings. The topological polar surface area (TPSA) is 96.8 Å². The van der Waals surface area contributed by atoms with Crippen molar-refractivity contribution in [2.45, 2.75) is 23.9 Å². The molecule has 136 valence electrons. The van der Waals surface area contributed by atoms with E-state index < -0.39 is 10.0 Å². The molecule has 1 atom stereocenters. The highest BCUT2D eigenvalue weighted by molar-refractivity contribution is 7.89. The Hall–Kier alpha value is -2.23. The predicted octanol–water partition coefficient (Wildman–Crippen LogP) is 2.38. The van der Waals surface area contributed by atoms with Crippen molar-refractivity contribution in [3.8, 4) is 11.3 Å². The second kappa shape index (κ2) is 6.49. The van der Waals surface area contributed by atoms with Crippen molar-refractivity contribution in [3.63, 3.8) is 0 Å². The average molecular weight is 393 g/mol. The molecule has 2 aromatic heterocycles. The molecule has 0 aliphatic carbocycles. The zero-order valence-electron chi connectivity index (χ0n) is 14.0. The number of aromatic amines is 1. The number of rotatable bonds is 4. The molecule has 0 spiro atoms. The molecular formula is C16H17ClN6O2S. The minimum absolute atomic E-state index is 0.0777. The van der Waals surface area contributed by atoms with E-state index >= 15 is 0 Å². The van der Waals surface area contributed by atoms with E-state index in [0.29, 0.717) is 23.8 Å². The van der Waals surface area contributed by atoms with Gasteiger partial charge in [0.25, 0.3) is 10.0 Å². The van der Waals surface area contributed by atoms with Gasteiger partial charge in [-0.3, -0.25) is 0 Å². The second-order valence-corrected chi connectivity index (χ2v) is 8.43. The van der Waals surface area contributed by atoms with Crippen LogP contribution in [-0.4, -0.2) is 44.2 Å². The van der Waals surface area contributed by atoms with Crippen molar-refractivity contribution in [1.82, 2.24) is 29.3 Å². The number of aryl methyl sites for hydroxylation is 1. The van der Waals surface area contributed by atoms with Crippen molar-refractivity contribution in [3.05, 3.63) is 47.5 Å². The average Bonchev–Trinajstić information content (AvgIpc) is 3.35. The van der Waals surface area contributed by atoms with E-state index in [-0.39, 0.29) is 11.1 Å². The van der Waals surface area contributed by atoms with Gasteiger partial charge < -0.3 is 4.98 Å². The highest BCUT2D eigenvalue weighted by atomic mass is 35.5. The summed E-state index contributed by atoms with van der Waals surface area (Å²) in [7, 11) is -2.12. The van der Waals surface area contributed by atoms with Gasteiger partial charge in [-0.1, -0.05) is 28.9 Å². The quantitative estimate of drug-likeness (QED) is 0.735. The maximum absolute atomic E-state index is 13.0. The van der Waals surface area contributed by atoms with E-state index in [4.69, 9.17) is 11.6 Å². The molecule has 1 saturated heterocycles. The molecule has 1 aromatic carbocycles. The number of benzene rings is 1. The van der Waals surface area contributed by atoms with Gasteiger partial charge in [-0.15, -0.1) is 5.10 Å². The Balaban J connectivity index is 1.65. The Morgan fingerprint density at radius 2 is 2.00 bits per heavy atom. The van der Waals surface area contributed by atoms with Crippen LogP contribution < -0.4 is 0 Å². The van der Waals surface area contributed by atoms with E-state index in [0.717, 1.165) is 17.7 Å². The van der Waals surface area contributed by atoms with Crippen LogP contribution in [0.25, 0.3) is 11.3 Å². The third-order valence-electron chi connectivity index (χ3n) is 4.52. The van der Waals surface area contributed by atoms with Gasteiger partial charge in [0.15, 0.2) is 5.03 Å². The van der Waals surface area contributed by atoms with Gasteiger partial charge in [-0.2, -0.15) is 4.31 Å². The number of nitrogens with zero attached hydrogens (tertiary/aromatic N) is 5. The van der Waals surface area contributed by atoms with Crippen LogP contribution in [0.1, 0.15) is 24.7 Å². The number of imidazole rings is 1. The van der Waals surface area contributed by atoms with Crippen molar-refractivity contribution < 1.29 is 8.42 Å². The molecule has 1 unspecified atom stereocenters. The first-order valence-corrected chi connectivity index (χ1v) is 9.96. The van der Waals surface area contributed by atoms with Gasteiger partial charge in [0.1, 0.15) is 5.82 Å². The highest BCUT2D eigenvalue weighted by Crippen LogP contribution is 2.35. The Morgan fingerprint density at radius 3 is 2.69 bits per heavy atom. The number of nitrogens with one attached hydrogen (secondary N) is 1. The molecule has 26 heavy (non-hydrogen) atoms. The summed E-state index contributed by atoms with van der Waals surface area (Å²) in [5, 5.41) is 8.15. The fourth-order valence-corrected chi connectivity index (χ4v) is 5.04. The Bertz CT molecular complexity index is 1030. The van der Waals surface area contributed by atoms with Crippen LogP contribution in [0.5, 0.6) is 0 Å². The summed E-state index contributed by atoms with van der Waals surface area (Å²) in [6.07, 6.45) is 4.46. The maximum Gasteiger partial charge on any atom is 0.262 e. The van der Waals surface area contributed by atoms with E-state index in [9.17, 15) is 8.42 Å². The summed E-state index contributed by atoms with van der Waals surface area (Å²) < 4.78 is 28.7. The molecule has 0 amide bonds. The monoisotopic (exact) mass is 392 g/mol. The van der Waals surface area contributed by atoms with Gasteiger partial charge in [-0.05, 0) is 30.5 Å². The Morgan fingerprint density at radius 1 is 1.23 bits per heavy atom. The normalized spacial score (nSPS) is 18.5. The van der Waals surface area contributed by atoms with Crippen molar-refractivity contribution in [2.24, 2.45) is 7.05 Å². The van der Waals surface area contributed by atoms with Crippen molar-refractivity contribution in [2.75, 3.05) is 6.54 Å². The fourth-order valence-electron chi connectivity index (χ4n) is 3.22. The standard InChI is InChI=1S/C16H17ClN6O2S/c1-22-15(10-19-21-22)26(24,25)23-8-2-3-14(23)16-18-9-13(20-16)11-4-6-12(17)7-5-11/h4-7,9-10,14H,2-3,8H2,1H3,(H,18,20). The minimum atomic E-state index is -3.69. The predicted molar refractivity (Wildman–Crippen MR) is 95.9 cm³/mol. The summed E-state index contributed by atoms with van der Waals surface area (Å²) in [4.78, 5) is 7.69. The molecule has 0 radical (unpaired) electrons. The van der Waals surface area contributed by atoms with Crippen LogP contribution >= 0.6 is 11.6 Å². The van der Waals surface area contributed by atoms with Gasteiger partial charge in [0.2, 0.25) is 0 Å². The minimum Gasteiger partial charge on any atom is -0.341 e. The number of halogens is 1. The van der Waals surface area contributed by atoms with Gasteiger partial charge >= 0.3 is 0 Å². The fraction of sp³-hybridized carbons (Fsp3) is 0.312. The van der Waals surface area contributed by atoms with Crippen molar-refractivity contribution >= 4 is 21.6 Å².